The highest BCUT2D eigenvalue weighted by molar-refractivity contribution is 6.06. The van der Waals surface area contributed by atoms with Crippen molar-refractivity contribution in [3.63, 3.8) is 0 Å². The summed E-state index contributed by atoms with van der Waals surface area (Å²) in [6, 6.07) is 2.67. The minimum Gasteiger partial charge on any atom is -0.504 e. The van der Waals surface area contributed by atoms with Gasteiger partial charge in [-0.25, -0.2) is 0 Å². The van der Waals surface area contributed by atoms with E-state index in [0.717, 1.165) is 49.7 Å². The number of aliphatic hydroxyl groups excluding tert-OH is 1. The predicted octanol–water partition coefficient (Wildman–Crippen LogP) is 7.14. The maximum absolute atomic E-state index is 12.6. The standard InChI is InChI=1S/C29H37NO2/c1-18-19-7-8-22-27(4,20(19)15-21(31)24(18)32)12-14-29(6)23-16-25(2,17-30)9-10-26(23,3)11-13-28(22,29)5/h7-8,15,23,32H,9-14,16H2,1-6H3/t23-,25-,26-,27+,28-,29+/m1/s1. The lowest BCUT2D eigenvalue weighted by atomic mass is 9.34. The summed E-state index contributed by atoms with van der Waals surface area (Å²) < 4.78 is 0. The van der Waals surface area contributed by atoms with E-state index in [-0.39, 0.29) is 33.2 Å². The Labute approximate surface area is 193 Å². The highest BCUT2D eigenvalue weighted by Gasteiger charge is 2.66. The fourth-order valence-electron chi connectivity index (χ4n) is 8.56. The molecule has 0 amide bonds. The van der Waals surface area contributed by atoms with Crippen LogP contribution in [0.25, 0.3) is 0 Å². The first-order chi connectivity index (χ1) is 14.8. The van der Waals surface area contributed by atoms with Gasteiger partial charge in [-0.3, -0.25) is 4.79 Å². The van der Waals surface area contributed by atoms with Crippen LogP contribution in [0.4, 0.5) is 0 Å². The number of hydrogen-bond acceptors (Lipinski definition) is 3. The molecule has 0 radical (unpaired) electrons. The van der Waals surface area contributed by atoms with Crippen LogP contribution >= 0.6 is 0 Å². The van der Waals surface area contributed by atoms with Gasteiger partial charge in [0.05, 0.1) is 11.5 Å². The lowest BCUT2D eigenvalue weighted by molar-refractivity contribution is -0.155. The van der Waals surface area contributed by atoms with E-state index in [2.05, 4.69) is 52.8 Å². The van der Waals surface area contributed by atoms with Gasteiger partial charge in [0.15, 0.2) is 5.76 Å². The molecule has 3 nitrogen and oxygen atoms in total. The predicted molar refractivity (Wildman–Crippen MR) is 127 cm³/mol. The minimum atomic E-state index is -0.260. The van der Waals surface area contributed by atoms with Gasteiger partial charge in [0.1, 0.15) is 0 Å². The van der Waals surface area contributed by atoms with Crippen molar-refractivity contribution in [3.05, 3.63) is 46.3 Å². The Kier molecular flexibility index (Phi) is 4.27. The smallest absolute Gasteiger partial charge is 0.220 e. The number of hydrogen-bond donors (Lipinski definition) is 1. The number of rotatable bonds is 0. The van der Waals surface area contributed by atoms with Crippen LogP contribution in [-0.2, 0) is 4.79 Å². The molecule has 0 aliphatic heterocycles. The van der Waals surface area contributed by atoms with Crippen molar-refractivity contribution in [2.24, 2.45) is 33.0 Å². The number of nitriles is 1. The molecule has 3 saturated carbocycles. The Morgan fingerprint density at radius 1 is 1.00 bits per heavy atom. The number of aliphatic hydroxyl groups is 1. The molecule has 3 fully saturated rings. The van der Waals surface area contributed by atoms with Crippen molar-refractivity contribution in [2.75, 3.05) is 0 Å². The number of carbonyl (C=O) groups excluding carboxylic acids is 1. The topological polar surface area (TPSA) is 61.1 Å². The van der Waals surface area contributed by atoms with E-state index in [0.29, 0.717) is 16.9 Å². The average Bonchev–Trinajstić information content (AvgIpc) is 2.76. The SMILES string of the molecule is CC1=C(O)C(=O)C=C2C1=CC=C1[C@@]2(C)CC[C@@]2(C)[C@@H]3C[C@](C)(C#N)CC[C@]3(C)CC[C@]12C. The fourth-order valence-corrected chi connectivity index (χ4v) is 8.56. The van der Waals surface area contributed by atoms with E-state index < -0.39 is 0 Å². The number of ketones is 1. The monoisotopic (exact) mass is 431 g/mol. The molecule has 0 saturated heterocycles. The molecule has 32 heavy (non-hydrogen) atoms. The molecule has 0 spiro atoms. The lowest BCUT2D eigenvalue weighted by Gasteiger charge is -2.69. The van der Waals surface area contributed by atoms with Crippen molar-refractivity contribution >= 4 is 5.78 Å². The zero-order valence-electron chi connectivity index (χ0n) is 20.6. The van der Waals surface area contributed by atoms with Gasteiger partial charge in [-0.1, -0.05) is 45.4 Å². The molecular formula is C29H37NO2. The van der Waals surface area contributed by atoms with Crippen LogP contribution in [0.2, 0.25) is 0 Å². The van der Waals surface area contributed by atoms with Gasteiger partial charge in [0.2, 0.25) is 5.78 Å². The fraction of sp³-hybridized carbons (Fsp3) is 0.655. The maximum atomic E-state index is 12.6. The number of fused-ring (bicyclic) bond motifs is 7. The molecule has 0 aromatic rings. The summed E-state index contributed by atoms with van der Waals surface area (Å²) in [5, 5.41) is 20.2. The molecular weight excluding hydrogens is 394 g/mol. The third kappa shape index (κ3) is 2.45. The van der Waals surface area contributed by atoms with Crippen molar-refractivity contribution in [2.45, 2.75) is 86.5 Å². The number of allylic oxidation sites excluding steroid dienone is 7. The van der Waals surface area contributed by atoms with Crippen molar-refractivity contribution in [1.29, 1.82) is 5.26 Å². The Morgan fingerprint density at radius 3 is 2.38 bits per heavy atom. The quantitative estimate of drug-likeness (QED) is 0.443. The van der Waals surface area contributed by atoms with Crippen LogP contribution in [-0.4, -0.2) is 10.9 Å². The molecule has 6 atom stereocenters. The second-order valence-electron chi connectivity index (χ2n) is 12.7. The third-order valence-electron chi connectivity index (χ3n) is 11.1. The van der Waals surface area contributed by atoms with Crippen molar-refractivity contribution in [1.82, 2.24) is 0 Å². The molecule has 0 unspecified atom stereocenters. The van der Waals surface area contributed by atoms with E-state index in [9.17, 15) is 15.2 Å². The molecule has 3 heteroatoms. The molecule has 5 aliphatic carbocycles. The molecule has 0 aromatic heterocycles. The average molecular weight is 432 g/mol. The third-order valence-corrected chi connectivity index (χ3v) is 11.1. The normalized spacial score (nSPS) is 47.7. The van der Waals surface area contributed by atoms with E-state index in [1.54, 1.807) is 6.08 Å². The van der Waals surface area contributed by atoms with Crippen molar-refractivity contribution < 1.29 is 9.90 Å². The molecule has 5 aliphatic rings. The molecule has 0 heterocycles. The molecule has 0 bridgehead atoms. The number of carbonyl (C=O) groups is 1. The Bertz CT molecular complexity index is 1100. The minimum absolute atomic E-state index is 0.0287. The largest absolute Gasteiger partial charge is 0.504 e. The summed E-state index contributed by atoms with van der Waals surface area (Å²) >= 11 is 0. The number of nitrogens with zero attached hydrogens (tertiary/aromatic N) is 1. The van der Waals surface area contributed by atoms with Crippen molar-refractivity contribution in [3.8, 4) is 6.07 Å². The Balaban J connectivity index is 1.65. The first kappa shape index (κ1) is 21.7. The lowest BCUT2D eigenvalue weighted by Crippen LogP contribution is -2.61. The van der Waals surface area contributed by atoms with E-state index >= 15 is 0 Å². The maximum Gasteiger partial charge on any atom is 0.220 e. The Hall–Kier alpha value is -2.08. The summed E-state index contributed by atoms with van der Waals surface area (Å²) in [6.07, 6.45) is 13.8. The summed E-state index contributed by atoms with van der Waals surface area (Å²) in [5.74, 6) is 0.151. The molecule has 1 N–H and O–H groups in total. The van der Waals surface area contributed by atoms with E-state index in [1.807, 2.05) is 6.92 Å². The summed E-state index contributed by atoms with van der Waals surface area (Å²) in [7, 11) is 0. The Morgan fingerprint density at radius 2 is 1.69 bits per heavy atom. The van der Waals surface area contributed by atoms with Crippen LogP contribution in [0.5, 0.6) is 0 Å². The first-order valence-corrected chi connectivity index (χ1v) is 12.3. The molecule has 5 rings (SSSR count). The molecule has 0 aromatic carbocycles. The summed E-state index contributed by atoms with van der Waals surface area (Å²) in [5.41, 5.74) is 4.34. The summed E-state index contributed by atoms with van der Waals surface area (Å²) in [4.78, 5) is 12.6. The second-order valence-corrected chi connectivity index (χ2v) is 12.7. The van der Waals surface area contributed by atoms with Gasteiger partial charge in [-0.15, -0.1) is 0 Å². The van der Waals surface area contributed by atoms with Crippen LogP contribution in [0.15, 0.2) is 46.3 Å². The highest BCUT2D eigenvalue weighted by atomic mass is 16.3. The first-order valence-electron chi connectivity index (χ1n) is 12.3. The van der Waals surface area contributed by atoms with Crippen LogP contribution in [0.3, 0.4) is 0 Å². The highest BCUT2D eigenvalue weighted by Crippen LogP contribution is 2.75. The van der Waals surface area contributed by atoms with E-state index in [1.165, 1.54) is 12.0 Å². The van der Waals surface area contributed by atoms with Crippen LogP contribution in [0.1, 0.15) is 86.5 Å². The van der Waals surface area contributed by atoms with Gasteiger partial charge < -0.3 is 5.11 Å². The van der Waals surface area contributed by atoms with Crippen LogP contribution in [0, 0.1) is 44.3 Å². The summed E-state index contributed by atoms with van der Waals surface area (Å²) in [6.45, 7) is 13.8. The van der Waals surface area contributed by atoms with Gasteiger partial charge in [0.25, 0.3) is 0 Å². The zero-order valence-corrected chi connectivity index (χ0v) is 20.6. The van der Waals surface area contributed by atoms with E-state index in [4.69, 9.17) is 0 Å². The van der Waals surface area contributed by atoms with Gasteiger partial charge >= 0.3 is 0 Å². The zero-order chi connectivity index (χ0) is 23.3. The van der Waals surface area contributed by atoms with Crippen LogP contribution < -0.4 is 0 Å². The molecule has 170 valence electrons. The second kappa shape index (κ2) is 6.28. The van der Waals surface area contributed by atoms with Gasteiger partial charge in [-0.05, 0) is 98.2 Å². The van der Waals surface area contributed by atoms with Gasteiger partial charge in [0, 0.05) is 11.0 Å². The van der Waals surface area contributed by atoms with Gasteiger partial charge in [-0.2, -0.15) is 5.26 Å².